The number of aromatic nitrogens is 6. The second-order valence-electron chi connectivity index (χ2n) is 17.3. The van der Waals surface area contributed by atoms with E-state index in [4.69, 9.17) is 33.8 Å². The van der Waals surface area contributed by atoms with Crippen molar-refractivity contribution in [3.63, 3.8) is 0 Å². The highest BCUT2D eigenvalue weighted by Crippen LogP contribution is 2.37. The molecular formula is C61H36N6O2. The van der Waals surface area contributed by atoms with Crippen LogP contribution in [0.25, 0.3) is 139 Å². The van der Waals surface area contributed by atoms with Gasteiger partial charge in [-0.1, -0.05) is 121 Å². The zero-order chi connectivity index (χ0) is 45.4. The number of fused-ring (bicyclic) bond motifs is 7. The van der Waals surface area contributed by atoms with Gasteiger partial charge >= 0.3 is 0 Å². The molecule has 10 aromatic carbocycles. The Hall–Kier alpha value is -9.53. The Morgan fingerprint density at radius 2 is 0.710 bits per heavy atom. The minimum Gasteiger partial charge on any atom is -0.436 e. The smallest absolute Gasteiger partial charge is 0.227 e. The first-order chi connectivity index (χ1) is 34.1. The van der Waals surface area contributed by atoms with Crippen molar-refractivity contribution in [1.82, 2.24) is 29.5 Å². The third-order valence-corrected chi connectivity index (χ3v) is 13.1. The summed E-state index contributed by atoms with van der Waals surface area (Å²) in [4.78, 5) is 25.2. The summed E-state index contributed by atoms with van der Waals surface area (Å²) in [6, 6.07) is 75.2. The zero-order valence-corrected chi connectivity index (χ0v) is 36.8. The maximum absolute atomic E-state index is 6.12. The van der Waals surface area contributed by atoms with Gasteiger partial charge in [0.15, 0.2) is 28.6 Å². The average molecular weight is 885 g/mol. The van der Waals surface area contributed by atoms with E-state index in [0.717, 1.165) is 99.1 Å². The molecule has 0 fully saturated rings. The average Bonchev–Trinajstić information content (AvgIpc) is 4.15. The molecule has 4 heterocycles. The summed E-state index contributed by atoms with van der Waals surface area (Å²) in [5.41, 5.74) is 13.3. The molecule has 69 heavy (non-hydrogen) atoms. The molecule has 0 N–H and O–H groups in total. The standard InChI is InChI=1S/C61H36N6O2/c1-2-10-37(11-3-1)38-26-29-48(30-27-38)67-53-15-7-4-12-49(53)50-36-45(28-31-54(50)67)59-65-57(43-22-18-41-34-46(24-20-39(41)32-43)60-62-51-13-5-8-16-55(51)68-60)64-58(66-59)44-23-19-42-35-47(25-21-40(42)33-44)61-63-52-14-6-9-17-56(52)69-61/h1-36H. The quantitative estimate of drug-likeness (QED) is 0.157. The van der Waals surface area contributed by atoms with Gasteiger partial charge in [-0.15, -0.1) is 0 Å². The first-order valence-electron chi connectivity index (χ1n) is 22.9. The SMILES string of the molecule is c1ccc(-c2ccc(-n3c4ccccc4c4cc(-c5nc(-c6ccc7cc(-c8nc9ccccc9o8)ccc7c6)nc(-c6ccc7cc(-c8nc9ccccc9o8)ccc7c6)n5)ccc43)cc2)cc1. The zero-order valence-electron chi connectivity index (χ0n) is 36.8. The van der Waals surface area contributed by atoms with Crippen LogP contribution in [0.1, 0.15) is 0 Å². The van der Waals surface area contributed by atoms with Crippen LogP contribution in [0.15, 0.2) is 227 Å². The summed E-state index contributed by atoms with van der Waals surface area (Å²) in [5, 5.41) is 6.45. The van der Waals surface area contributed by atoms with Gasteiger partial charge in [0.2, 0.25) is 11.8 Å². The lowest BCUT2D eigenvalue weighted by Gasteiger charge is -2.11. The number of nitrogens with zero attached hydrogens (tertiary/aromatic N) is 6. The molecule has 0 aliphatic rings. The molecule has 0 atom stereocenters. The Bertz CT molecular complexity index is 4080. The number of rotatable bonds is 7. The summed E-state index contributed by atoms with van der Waals surface area (Å²) in [5.74, 6) is 2.92. The highest BCUT2D eigenvalue weighted by Gasteiger charge is 2.18. The Labute approximate surface area is 394 Å². The van der Waals surface area contributed by atoms with E-state index in [0.29, 0.717) is 29.3 Å². The summed E-state index contributed by atoms with van der Waals surface area (Å²) < 4.78 is 14.6. The van der Waals surface area contributed by atoms with Crippen molar-refractivity contribution in [1.29, 1.82) is 0 Å². The second kappa shape index (κ2) is 15.5. The van der Waals surface area contributed by atoms with Crippen molar-refractivity contribution in [3.05, 3.63) is 218 Å². The number of hydrogen-bond acceptors (Lipinski definition) is 7. The molecule has 0 unspecified atom stereocenters. The molecule has 0 spiro atoms. The molecule has 0 radical (unpaired) electrons. The third kappa shape index (κ3) is 6.73. The molecule has 0 aliphatic heterocycles. The van der Waals surface area contributed by atoms with E-state index in [1.54, 1.807) is 0 Å². The lowest BCUT2D eigenvalue weighted by atomic mass is 10.0. The van der Waals surface area contributed by atoms with E-state index >= 15 is 0 Å². The van der Waals surface area contributed by atoms with E-state index in [1.807, 2.05) is 54.6 Å². The summed E-state index contributed by atoms with van der Waals surface area (Å²) in [6.07, 6.45) is 0. The van der Waals surface area contributed by atoms with Crippen molar-refractivity contribution in [2.45, 2.75) is 0 Å². The third-order valence-electron chi connectivity index (χ3n) is 13.1. The Morgan fingerprint density at radius 1 is 0.290 bits per heavy atom. The summed E-state index contributed by atoms with van der Waals surface area (Å²) in [6.45, 7) is 0. The van der Waals surface area contributed by atoms with Crippen molar-refractivity contribution >= 4 is 65.6 Å². The van der Waals surface area contributed by atoms with Crippen LogP contribution in [0.3, 0.4) is 0 Å². The first kappa shape index (κ1) is 38.7. The van der Waals surface area contributed by atoms with Gasteiger partial charge in [-0.2, -0.15) is 0 Å². The van der Waals surface area contributed by atoms with Crippen LogP contribution in [-0.4, -0.2) is 29.5 Å². The fourth-order valence-electron chi connectivity index (χ4n) is 9.61. The fraction of sp³-hybridized carbons (Fsp3) is 0. The van der Waals surface area contributed by atoms with Crippen LogP contribution < -0.4 is 0 Å². The van der Waals surface area contributed by atoms with E-state index in [1.165, 1.54) is 11.1 Å². The van der Waals surface area contributed by atoms with Crippen molar-refractivity contribution < 1.29 is 8.83 Å². The number of benzene rings is 10. The topological polar surface area (TPSA) is 95.7 Å². The van der Waals surface area contributed by atoms with Gasteiger partial charge < -0.3 is 13.4 Å². The van der Waals surface area contributed by atoms with Gasteiger partial charge in [-0.3, -0.25) is 0 Å². The van der Waals surface area contributed by atoms with Gasteiger partial charge in [-0.25, -0.2) is 24.9 Å². The molecule has 0 aliphatic carbocycles. The highest BCUT2D eigenvalue weighted by molar-refractivity contribution is 6.10. The van der Waals surface area contributed by atoms with E-state index < -0.39 is 0 Å². The Morgan fingerprint density at radius 3 is 1.28 bits per heavy atom. The molecule has 0 bridgehead atoms. The molecule has 8 heteroatoms. The van der Waals surface area contributed by atoms with Crippen molar-refractivity contribution in [3.8, 4) is 73.9 Å². The predicted molar refractivity (Wildman–Crippen MR) is 277 cm³/mol. The van der Waals surface area contributed by atoms with Crippen LogP contribution >= 0.6 is 0 Å². The van der Waals surface area contributed by atoms with Crippen LogP contribution in [0, 0.1) is 0 Å². The van der Waals surface area contributed by atoms with Crippen LogP contribution in [0.5, 0.6) is 0 Å². The maximum atomic E-state index is 6.12. The lowest BCUT2D eigenvalue weighted by Crippen LogP contribution is -2.00. The van der Waals surface area contributed by atoms with Gasteiger partial charge in [0.05, 0.1) is 11.0 Å². The summed E-state index contributed by atoms with van der Waals surface area (Å²) in [7, 11) is 0. The normalized spacial score (nSPS) is 11.8. The van der Waals surface area contributed by atoms with Gasteiger partial charge in [0.25, 0.3) is 0 Å². The molecule has 0 saturated carbocycles. The van der Waals surface area contributed by atoms with E-state index in [9.17, 15) is 0 Å². The fourth-order valence-corrected chi connectivity index (χ4v) is 9.61. The molecule has 0 amide bonds. The highest BCUT2D eigenvalue weighted by atomic mass is 16.4. The number of hydrogen-bond donors (Lipinski definition) is 0. The largest absolute Gasteiger partial charge is 0.436 e. The van der Waals surface area contributed by atoms with Crippen molar-refractivity contribution in [2.75, 3.05) is 0 Å². The minimum absolute atomic E-state index is 0.576. The predicted octanol–water partition coefficient (Wildman–Crippen LogP) is 15.6. The van der Waals surface area contributed by atoms with Crippen LogP contribution in [-0.2, 0) is 0 Å². The van der Waals surface area contributed by atoms with Crippen LogP contribution in [0.2, 0.25) is 0 Å². The lowest BCUT2D eigenvalue weighted by molar-refractivity contribution is 0.619. The van der Waals surface area contributed by atoms with Gasteiger partial charge in [0.1, 0.15) is 11.0 Å². The Balaban J connectivity index is 0.887. The van der Waals surface area contributed by atoms with Gasteiger partial charge in [0, 0.05) is 44.3 Å². The molecule has 4 aromatic heterocycles. The van der Waals surface area contributed by atoms with E-state index in [2.05, 4.69) is 168 Å². The maximum Gasteiger partial charge on any atom is 0.227 e. The molecule has 8 nitrogen and oxygen atoms in total. The number of oxazole rings is 2. The number of para-hydroxylation sites is 5. The summed E-state index contributed by atoms with van der Waals surface area (Å²) >= 11 is 0. The monoisotopic (exact) mass is 884 g/mol. The molecular weight excluding hydrogens is 849 g/mol. The molecule has 0 saturated heterocycles. The molecule has 14 rings (SSSR count). The Kier molecular flexibility index (Phi) is 8.72. The second-order valence-corrected chi connectivity index (χ2v) is 17.3. The van der Waals surface area contributed by atoms with Crippen LogP contribution in [0.4, 0.5) is 0 Å². The molecule has 14 aromatic rings. The van der Waals surface area contributed by atoms with Crippen molar-refractivity contribution in [2.24, 2.45) is 0 Å². The first-order valence-corrected chi connectivity index (χ1v) is 22.9. The van der Waals surface area contributed by atoms with E-state index in [-0.39, 0.29) is 0 Å². The minimum atomic E-state index is 0.576. The van der Waals surface area contributed by atoms with Gasteiger partial charge in [-0.05, 0) is 130 Å². The molecule has 322 valence electrons.